The van der Waals surface area contributed by atoms with Crippen molar-refractivity contribution in [3.8, 4) is 0 Å². The lowest BCUT2D eigenvalue weighted by Gasteiger charge is -2.13. The Bertz CT molecular complexity index is 654. The second kappa shape index (κ2) is 6.45. The summed E-state index contributed by atoms with van der Waals surface area (Å²) in [4.78, 5) is 4.43. The van der Waals surface area contributed by atoms with Crippen LogP contribution in [0.3, 0.4) is 0 Å². The lowest BCUT2D eigenvalue weighted by Crippen LogP contribution is -2.28. The molecule has 2 aromatic rings. The van der Waals surface area contributed by atoms with Crippen LogP contribution in [0, 0.1) is 0 Å². The normalized spacial score (nSPS) is 13.3. The molecule has 1 atom stereocenters. The Morgan fingerprint density at radius 3 is 2.80 bits per heavy atom. The van der Waals surface area contributed by atoms with Crippen LogP contribution in [0.2, 0.25) is 0 Å². The first-order chi connectivity index (χ1) is 9.54. The van der Waals surface area contributed by atoms with Crippen LogP contribution in [-0.4, -0.2) is 19.9 Å². The zero-order valence-electron chi connectivity index (χ0n) is 11.1. The van der Waals surface area contributed by atoms with Gasteiger partial charge in [0, 0.05) is 30.6 Å². The summed E-state index contributed by atoms with van der Waals surface area (Å²) in [5.74, 6) is 0.0369. The van der Waals surface area contributed by atoms with E-state index in [1.807, 2.05) is 12.3 Å². The first kappa shape index (κ1) is 15.1. The van der Waals surface area contributed by atoms with Crippen molar-refractivity contribution in [1.82, 2.24) is 9.71 Å². The quantitative estimate of drug-likeness (QED) is 0.850. The highest BCUT2D eigenvalue weighted by molar-refractivity contribution is 7.89. The number of aromatic nitrogens is 1. The van der Waals surface area contributed by atoms with Crippen LogP contribution in [0.15, 0.2) is 40.7 Å². The predicted octanol–water partition coefficient (Wildman–Crippen LogP) is 1.68. The lowest BCUT2D eigenvalue weighted by atomic mass is 10.2. The molecule has 7 heteroatoms. The summed E-state index contributed by atoms with van der Waals surface area (Å²) < 4.78 is 27.2. The number of rotatable bonds is 6. The standard InChI is InChI=1S/C13H17N3O2S2/c1-10(13-15-6-7-19-13)9-16-20(17,18)12-5-3-2-4-11(12)8-14/h2-7,10,16H,8-9,14H2,1H3. The molecule has 0 radical (unpaired) electrons. The molecular formula is C13H17N3O2S2. The largest absolute Gasteiger partial charge is 0.326 e. The minimum atomic E-state index is -3.54. The van der Waals surface area contributed by atoms with Crippen molar-refractivity contribution in [2.75, 3.05) is 6.54 Å². The van der Waals surface area contributed by atoms with Crippen LogP contribution in [0.4, 0.5) is 0 Å². The van der Waals surface area contributed by atoms with E-state index in [0.717, 1.165) is 5.01 Å². The average molecular weight is 311 g/mol. The number of sulfonamides is 1. The highest BCUT2D eigenvalue weighted by Gasteiger charge is 2.19. The zero-order chi connectivity index (χ0) is 14.6. The third kappa shape index (κ3) is 3.43. The van der Waals surface area contributed by atoms with E-state index in [9.17, 15) is 8.42 Å². The number of hydrogen-bond acceptors (Lipinski definition) is 5. The van der Waals surface area contributed by atoms with Crippen molar-refractivity contribution in [3.63, 3.8) is 0 Å². The maximum Gasteiger partial charge on any atom is 0.240 e. The van der Waals surface area contributed by atoms with Crippen molar-refractivity contribution in [1.29, 1.82) is 0 Å². The highest BCUT2D eigenvalue weighted by atomic mass is 32.2. The van der Waals surface area contributed by atoms with Crippen molar-refractivity contribution >= 4 is 21.4 Å². The van der Waals surface area contributed by atoms with Crippen LogP contribution in [0.25, 0.3) is 0 Å². The SMILES string of the molecule is CC(CNS(=O)(=O)c1ccccc1CN)c1nccs1. The average Bonchev–Trinajstić information content (AvgIpc) is 2.99. The molecule has 0 spiro atoms. The van der Waals surface area contributed by atoms with Gasteiger partial charge < -0.3 is 5.73 Å². The number of nitrogens with one attached hydrogen (secondary N) is 1. The van der Waals surface area contributed by atoms with Gasteiger partial charge in [-0.2, -0.15) is 0 Å². The Morgan fingerprint density at radius 2 is 2.15 bits per heavy atom. The number of thiazole rings is 1. The van der Waals surface area contributed by atoms with Crippen molar-refractivity contribution < 1.29 is 8.42 Å². The Labute approximate surface area is 122 Å². The summed E-state index contributed by atoms with van der Waals surface area (Å²) in [7, 11) is -3.54. The fraction of sp³-hybridized carbons (Fsp3) is 0.308. The summed E-state index contributed by atoms with van der Waals surface area (Å²) in [6, 6.07) is 6.76. The van der Waals surface area contributed by atoms with Crippen LogP contribution < -0.4 is 10.5 Å². The van der Waals surface area contributed by atoms with Gasteiger partial charge in [-0.15, -0.1) is 11.3 Å². The van der Waals surface area contributed by atoms with Gasteiger partial charge in [-0.05, 0) is 11.6 Å². The molecule has 0 aliphatic carbocycles. The maximum absolute atomic E-state index is 12.3. The number of nitrogens with zero attached hydrogens (tertiary/aromatic N) is 1. The predicted molar refractivity (Wildman–Crippen MR) is 80.1 cm³/mol. The molecular weight excluding hydrogens is 294 g/mol. The third-order valence-electron chi connectivity index (χ3n) is 2.93. The summed E-state index contributed by atoms with van der Waals surface area (Å²) in [5, 5.41) is 2.80. The summed E-state index contributed by atoms with van der Waals surface area (Å²) in [6.45, 7) is 2.45. The second-order valence-electron chi connectivity index (χ2n) is 4.44. The van der Waals surface area contributed by atoms with E-state index >= 15 is 0 Å². The van der Waals surface area contributed by atoms with Gasteiger partial charge in [-0.25, -0.2) is 18.1 Å². The first-order valence-corrected chi connectivity index (χ1v) is 8.58. The van der Waals surface area contributed by atoms with Gasteiger partial charge in [-0.1, -0.05) is 25.1 Å². The highest BCUT2D eigenvalue weighted by Crippen LogP contribution is 2.19. The van der Waals surface area contributed by atoms with Gasteiger partial charge in [0.25, 0.3) is 0 Å². The molecule has 0 fully saturated rings. The Hall–Kier alpha value is -1.28. The molecule has 1 unspecified atom stereocenters. The fourth-order valence-electron chi connectivity index (χ4n) is 1.81. The minimum Gasteiger partial charge on any atom is -0.326 e. The molecule has 0 amide bonds. The van der Waals surface area contributed by atoms with E-state index in [4.69, 9.17) is 5.73 Å². The third-order valence-corrected chi connectivity index (χ3v) is 5.47. The molecule has 0 aliphatic rings. The molecule has 0 aliphatic heterocycles. The minimum absolute atomic E-state index is 0.0369. The van der Waals surface area contributed by atoms with E-state index in [2.05, 4.69) is 9.71 Å². The summed E-state index contributed by atoms with van der Waals surface area (Å²) in [5.41, 5.74) is 6.19. The van der Waals surface area contributed by atoms with Crippen molar-refractivity contribution in [2.24, 2.45) is 5.73 Å². The smallest absolute Gasteiger partial charge is 0.240 e. The topological polar surface area (TPSA) is 85.1 Å². The molecule has 20 heavy (non-hydrogen) atoms. The van der Waals surface area contributed by atoms with Gasteiger partial charge in [0.05, 0.1) is 9.90 Å². The summed E-state index contributed by atoms with van der Waals surface area (Å²) in [6.07, 6.45) is 1.72. The van der Waals surface area contributed by atoms with Crippen LogP contribution in [0.5, 0.6) is 0 Å². The van der Waals surface area contributed by atoms with Crippen molar-refractivity contribution in [2.45, 2.75) is 24.3 Å². The van der Waals surface area contributed by atoms with E-state index in [1.165, 1.54) is 11.3 Å². The summed E-state index contributed by atoms with van der Waals surface area (Å²) >= 11 is 1.52. The zero-order valence-corrected chi connectivity index (χ0v) is 12.7. The Kier molecular flexibility index (Phi) is 4.87. The van der Waals surface area contributed by atoms with E-state index in [0.29, 0.717) is 12.1 Å². The van der Waals surface area contributed by atoms with Gasteiger partial charge in [0.15, 0.2) is 0 Å². The van der Waals surface area contributed by atoms with Crippen LogP contribution in [-0.2, 0) is 16.6 Å². The Morgan fingerprint density at radius 1 is 1.40 bits per heavy atom. The molecule has 0 saturated heterocycles. The van der Waals surface area contributed by atoms with Crippen molar-refractivity contribution in [3.05, 3.63) is 46.4 Å². The number of benzene rings is 1. The molecule has 1 aromatic carbocycles. The van der Waals surface area contributed by atoms with Gasteiger partial charge in [-0.3, -0.25) is 0 Å². The van der Waals surface area contributed by atoms with Gasteiger partial charge in [0.1, 0.15) is 0 Å². The van der Waals surface area contributed by atoms with E-state index < -0.39 is 10.0 Å². The van der Waals surface area contributed by atoms with Gasteiger partial charge in [0.2, 0.25) is 10.0 Å². The van der Waals surface area contributed by atoms with Crippen LogP contribution in [0.1, 0.15) is 23.4 Å². The molecule has 5 nitrogen and oxygen atoms in total. The monoisotopic (exact) mass is 311 g/mol. The lowest BCUT2D eigenvalue weighted by molar-refractivity contribution is 0.573. The molecule has 0 bridgehead atoms. The fourth-order valence-corrected chi connectivity index (χ4v) is 3.89. The first-order valence-electron chi connectivity index (χ1n) is 6.21. The van der Waals surface area contributed by atoms with Crippen LogP contribution >= 0.6 is 11.3 Å². The molecule has 1 heterocycles. The van der Waals surface area contributed by atoms with Gasteiger partial charge >= 0.3 is 0 Å². The molecule has 1 aromatic heterocycles. The maximum atomic E-state index is 12.3. The molecule has 0 saturated carbocycles. The Balaban J connectivity index is 2.12. The second-order valence-corrected chi connectivity index (χ2v) is 7.10. The molecule has 3 N–H and O–H groups in total. The number of hydrogen-bond donors (Lipinski definition) is 2. The number of nitrogens with two attached hydrogens (primary N) is 1. The molecule has 2 rings (SSSR count). The van der Waals surface area contributed by atoms with E-state index in [1.54, 1.807) is 30.5 Å². The molecule has 108 valence electrons. The van der Waals surface area contributed by atoms with E-state index in [-0.39, 0.29) is 17.4 Å².